The quantitative estimate of drug-likeness (QED) is 0.535. The SMILES string of the molecule is NC(=O)[C@@H]1CCCN1.O=C(O)CCl. The number of carbonyl (C=O) groups is 2. The number of nitrogens with one attached hydrogen (secondary N) is 1. The van der Waals surface area contributed by atoms with E-state index in [9.17, 15) is 9.59 Å². The minimum absolute atomic E-state index is 0.0463. The van der Waals surface area contributed by atoms with Crippen molar-refractivity contribution in [2.24, 2.45) is 5.73 Å². The largest absolute Gasteiger partial charge is 0.480 e. The Kier molecular flexibility index (Phi) is 6.26. The number of carboxylic acid groups (broad SMARTS) is 1. The predicted octanol–water partition coefficient (Wildman–Crippen LogP) is -0.467. The van der Waals surface area contributed by atoms with E-state index < -0.39 is 5.97 Å². The Morgan fingerprint density at radius 2 is 2.15 bits per heavy atom. The molecule has 76 valence electrons. The molecule has 1 fully saturated rings. The molecule has 1 saturated heterocycles. The lowest BCUT2D eigenvalue weighted by molar-refractivity contribution is -0.134. The predicted molar refractivity (Wildman–Crippen MR) is 48.6 cm³/mol. The van der Waals surface area contributed by atoms with E-state index in [4.69, 9.17) is 22.4 Å². The van der Waals surface area contributed by atoms with Gasteiger partial charge in [-0.15, -0.1) is 11.6 Å². The zero-order valence-electron chi connectivity index (χ0n) is 7.12. The Labute approximate surface area is 81.2 Å². The van der Waals surface area contributed by atoms with Crippen LogP contribution in [0.4, 0.5) is 0 Å². The fourth-order valence-electron chi connectivity index (χ4n) is 0.927. The summed E-state index contributed by atoms with van der Waals surface area (Å²) in [6.07, 6.45) is 1.99. The van der Waals surface area contributed by atoms with Crippen LogP contribution in [0, 0.1) is 0 Å². The fourth-order valence-corrected chi connectivity index (χ4v) is 0.927. The number of rotatable bonds is 2. The van der Waals surface area contributed by atoms with Crippen LogP contribution < -0.4 is 11.1 Å². The third kappa shape index (κ3) is 6.36. The summed E-state index contributed by atoms with van der Waals surface area (Å²) in [6, 6.07) is -0.0463. The fraction of sp³-hybridized carbons (Fsp3) is 0.714. The van der Waals surface area contributed by atoms with Crippen LogP contribution in [0.15, 0.2) is 0 Å². The lowest BCUT2D eigenvalue weighted by Gasteiger charge is -2.01. The van der Waals surface area contributed by atoms with E-state index in [1.807, 2.05) is 0 Å². The highest BCUT2D eigenvalue weighted by atomic mass is 35.5. The topological polar surface area (TPSA) is 92.4 Å². The number of primary amides is 1. The van der Waals surface area contributed by atoms with Crippen molar-refractivity contribution >= 4 is 23.5 Å². The first-order valence-corrected chi connectivity index (χ1v) is 4.42. The van der Waals surface area contributed by atoms with Gasteiger partial charge in [0.1, 0.15) is 5.88 Å². The Bertz CT molecular complexity index is 181. The normalized spacial score (nSPS) is 20.2. The van der Waals surface area contributed by atoms with Crippen molar-refractivity contribution in [1.82, 2.24) is 5.32 Å². The van der Waals surface area contributed by atoms with Crippen molar-refractivity contribution < 1.29 is 14.7 Å². The molecule has 5 nitrogen and oxygen atoms in total. The molecule has 0 unspecified atom stereocenters. The number of carboxylic acids is 1. The molecule has 0 spiro atoms. The summed E-state index contributed by atoms with van der Waals surface area (Å²) >= 11 is 4.74. The molecule has 0 aliphatic carbocycles. The third-order valence-corrected chi connectivity index (χ3v) is 1.75. The van der Waals surface area contributed by atoms with E-state index in [0.29, 0.717) is 0 Å². The van der Waals surface area contributed by atoms with E-state index in [-0.39, 0.29) is 17.8 Å². The molecule has 1 heterocycles. The monoisotopic (exact) mass is 208 g/mol. The van der Waals surface area contributed by atoms with Crippen LogP contribution in [0.1, 0.15) is 12.8 Å². The van der Waals surface area contributed by atoms with Crippen molar-refractivity contribution in [3.05, 3.63) is 0 Å². The van der Waals surface area contributed by atoms with Gasteiger partial charge in [-0.25, -0.2) is 0 Å². The zero-order chi connectivity index (χ0) is 10.3. The van der Waals surface area contributed by atoms with Gasteiger partial charge in [-0.05, 0) is 19.4 Å². The number of hydrogen-bond acceptors (Lipinski definition) is 3. The molecule has 0 saturated carbocycles. The van der Waals surface area contributed by atoms with Crippen LogP contribution in [-0.2, 0) is 9.59 Å². The number of alkyl halides is 1. The van der Waals surface area contributed by atoms with Gasteiger partial charge in [0, 0.05) is 0 Å². The molecule has 1 aliphatic rings. The first-order valence-electron chi connectivity index (χ1n) is 3.88. The van der Waals surface area contributed by atoms with Gasteiger partial charge in [0.15, 0.2) is 0 Å². The van der Waals surface area contributed by atoms with Crippen LogP contribution in [0.3, 0.4) is 0 Å². The Morgan fingerprint density at radius 3 is 2.31 bits per heavy atom. The van der Waals surface area contributed by atoms with E-state index >= 15 is 0 Å². The second-order valence-electron chi connectivity index (χ2n) is 2.58. The molecule has 0 aromatic heterocycles. The second kappa shape index (κ2) is 6.68. The average Bonchev–Trinajstić information content (AvgIpc) is 2.57. The summed E-state index contributed by atoms with van der Waals surface area (Å²) < 4.78 is 0. The van der Waals surface area contributed by atoms with Gasteiger partial charge >= 0.3 is 5.97 Å². The van der Waals surface area contributed by atoms with Crippen molar-refractivity contribution in [2.75, 3.05) is 12.4 Å². The molecular weight excluding hydrogens is 196 g/mol. The summed E-state index contributed by atoms with van der Waals surface area (Å²) in [4.78, 5) is 19.6. The summed E-state index contributed by atoms with van der Waals surface area (Å²) in [6.45, 7) is 0.938. The molecule has 13 heavy (non-hydrogen) atoms. The molecule has 0 bridgehead atoms. The van der Waals surface area contributed by atoms with E-state index in [0.717, 1.165) is 19.4 Å². The zero-order valence-corrected chi connectivity index (χ0v) is 7.88. The number of nitrogens with two attached hydrogens (primary N) is 1. The van der Waals surface area contributed by atoms with Crippen molar-refractivity contribution in [2.45, 2.75) is 18.9 Å². The minimum atomic E-state index is -0.980. The molecule has 0 radical (unpaired) electrons. The molecule has 0 aromatic carbocycles. The van der Waals surface area contributed by atoms with Crippen molar-refractivity contribution in [1.29, 1.82) is 0 Å². The molecule has 1 amide bonds. The summed E-state index contributed by atoms with van der Waals surface area (Å²) in [5, 5.41) is 10.6. The molecule has 4 N–H and O–H groups in total. The Morgan fingerprint density at radius 1 is 1.62 bits per heavy atom. The van der Waals surface area contributed by atoms with Gasteiger partial charge in [-0.3, -0.25) is 9.59 Å². The Hall–Kier alpha value is -0.810. The molecular formula is C7H13ClN2O3. The van der Waals surface area contributed by atoms with Crippen LogP contribution in [0.5, 0.6) is 0 Å². The second-order valence-corrected chi connectivity index (χ2v) is 2.85. The van der Waals surface area contributed by atoms with E-state index in [1.165, 1.54) is 0 Å². The standard InChI is InChI=1S/C5H10N2O.C2H3ClO2/c6-5(8)4-2-1-3-7-4;3-1-2(4)5/h4,7H,1-3H2,(H2,6,8);1H2,(H,4,5)/t4-;/m0./s1. The number of amides is 1. The minimum Gasteiger partial charge on any atom is -0.480 e. The third-order valence-electron chi connectivity index (χ3n) is 1.52. The maximum absolute atomic E-state index is 10.4. The molecule has 1 aliphatic heterocycles. The van der Waals surface area contributed by atoms with Gasteiger partial charge in [0.25, 0.3) is 0 Å². The first-order chi connectivity index (χ1) is 6.07. The maximum atomic E-state index is 10.4. The van der Waals surface area contributed by atoms with E-state index in [2.05, 4.69) is 5.32 Å². The van der Waals surface area contributed by atoms with Crippen molar-refractivity contribution in [3.8, 4) is 0 Å². The van der Waals surface area contributed by atoms with Gasteiger partial charge < -0.3 is 16.2 Å². The van der Waals surface area contributed by atoms with Crippen LogP contribution in [0.25, 0.3) is 0 Å². The van der Waals surface area contributed by atoms with Crippen LogP contribution in [0.2, 0.25) is 0 Å². The highest BCUT2D eigenvalue weighted by Gasteiger charge is 2.18. The number of hydrogen-bond donors (Lipinski definition) is 3. The van der Waals surface area contributed by atoms with Crippen LogP contribution in [-0.4, -0.2) is 35.4 Å². The van der Waals surface area contributed by atoms with Gasteiger partial charge in [0.05, 0.1) is 6.04 Å². The lowest BCUT2D eigenvalue weighted by atomic mass is 10.2. The highest BCUT2D eigenvalue weighted by Crippen LogP contribution is 2.02. The van der Waals surface area contributed by atoms with Gasteiger partial charge in [0.2, 0.25) is 5.91 Å². The smallest absolute Gasteiger partial charge is 0.318 e. The van der Waals surface area contributed by atoms with Crippen LogP contribution >= 0.6 is 11.6 Å². The highest BCUT2D eigenvalue weighted by molar-refractivity contribution is 6.26. The summed E-state index contributed by atoms with van der Waals surface area (Å²) in [5.74, 6) is -1.51. The van der Waals surface area contributed by atoms with Gasteiger partial charge in [-0.2, -0.15) is 0 Å². The number of carbonyl (C=O) groups excluding carboxylic acids is 1. The lowest BCUT2D eigenvalue weighted by Crippen LogP contribution is -2.36. The Balaban J connectivity index is 0.000000252. The summed E-state index contributed by atoms with van der Waals surface area (Å²) in [5.41, 5.74) is 5.00. The van der Waals surface area contributed by atoms with Crippen molar-refractivity contribution in [3.63, 3.8) is 0 Å². The molecule has 1 atom stereocenters. The van der Waals surface area contributed by atoms with E-state index in [1.54, 1.807) is 0 Å². The van der Waals surface area contributed by atoms with Gasteiger partial charge in [-0.1, -0.05) is 0 Å². The summed E-state index contributed by atoms with van der Waals surface area (Å²) in [7, 11) is 0. The maximum Gasteiger partial charge on any atom is 0.318 e. The number of aliphatic carboxylic acids is 1. The molecule has 0 aromatic rings. The molecule has 6 heteroatoms. The average molecular weight is 209 g/mol. The number of halogens is 1. The first kappa shape index (κ1) is 12.2. The molecule has 1 rings (SSSR count).